The van der Waals surface area contributed by atoms with Crippen molar-refractivity contribution in [2.24, 2.45) is 11.7 Å². The Morgan fingerprint density at radius 1 is 1.23 bits per heavy atom. The van der Waals surface area contributed by atoms with Gasteiger partial charge in [0.25, 0.3) is 5.91 Å². The molecule has 1 rings (SSSR count). The van der Waals surface area contributed by atoms with Crippen LogP contribution in [-0.2, 0) is 20.7 Å². The van der Waals surface area contributed by atoms with Crippen molar-refractivity contribution in [1.29, 1.82) is 0 Å². The maximum atomic E-state index is 11.9. The summed E-state index contributed by atoms with van der Waals surface area (Å²) < 4.78 is 5.11. The first-order valence-electron chi connectivity index (χ1n) is 6.44. The molecule has 0 aromatic heterocycles. The van der Waals surface area contributed by atoms with Crippen LogP contribution in [0.4, 0.5) is 4.79 Å². The lowest BCUT2D eigenvalue weighted by Crippen LogP contribution is -2.45. The Bertz CT molecular complexity index is 590. The van der Waals surface area contributed by atoms with E-state index < -0.39 is 24.0 Å². The fraction of sp³-hybridized carbons (Fsp3) is 0.357. The zero-order chi connectivity index (χ0) is 16.9. The number of urea groups is 1. The molecule has 22 heavy (non-hydrogen) atoms. The number of hydrogen-bond acceptors (Lipinski definition) is 4. The number of benzene rings is 1. The second-order valence-corrected chi connectivity index (χ2v) is 5.75. The van der Waals surface area contributed by atoms with Gasteiger partial charge in [0, 0.05) is 0 Å². The summed E-state index contributed by atoms with van der Waals surface area (Å²) in [6, 6.07) is 3.73. The van der Waals surface area contributed by atoms with Crippen LogP contribution in [0.1, 0.15) is 19.4 Å². The van der Waals surface area contributed by atoms with Crippen LogP contribution in [0.3, 0.4) is 0 Å². The van der Waals surface area contributed by atoms with Gasteiger partial charge in [-0.05, 0) is 23.6 Å². The van der Waals surface area contributed by atoms with Crippen LogP contribution in [0.15, 0.2) is 18.2 Å². The van der Waals surface area contributed by atoms with Crippen molar-refractivity contribution in [3.63, 3.8) is 0 Å². The normalized spacial score (nSPS) is 11.9. The third-order valence-electron chi connectivity index (χ3n) is 2.70. The van der Waals surface area contributed by atoms with Crippen molar-refractivity contribution in [3.8, 4) is 0 Å². The molecule has 0 aliphatic carbocycles. The van der Waals surface area contributed by atoms with Crippen molar-refractivity contribution < 1.29 is 19.1 Å². The molecule has 3 N–H and O–H groups in total. The molecule has 1 atom stereocenters. The molecule has 120 valence electrons. The highest BCUT2D eigenvalue weighted by Gasteiger charge is 2.27. The first kappa shape index (κ1) is 18.3. The zero-order valence-corrected chi connectivity index (χ0v) is 13.6. The summed E-state index contributed by atoms with van der Waals surface area (Å²) in [7, 11) is 0. The molecule has 3 amide bonds. The predicted molar refractivity (Wildman–Crippen MR) is 82.6 cm³/mol. The van der Waals surface area contributed by atoms with Crippen molar-refractivity contribution >= 4 is 41.1 Å². The Hall–Kier alpha value is -1.79. The van der Waals surface area contributed by atoms with Crippen LogP contribution in [-0.4, -0.2) is 24.0 Å². The minimum absolute atomic E-state index is 0.0794. The minimum atomic E-state index is -1.11. The molecule has 0 radical (unpaired) electrons. The maximum absolute atomic E-state index is 11.9. The van der Waals surface area contributed by atoms with Crippen molar-refractivity contribution in [2.45, 2.75) is 26.4 Å². The fourth-order valence-corrected chi connectivity index (χ4v) is 2.01. The Morgan fingerprint density at radius 2 is 1.86 bits per heavy atom. The monoisotopic (exact) mass is 346 g/mol. The maximum Gasteiger partial charge on any atom is 0.318 e. The Morgan fingerprint density at radius 3 is 2.36 bits per heavy atom. The van der Waals surface area contributed by atoms with E-state index in [1.165, 1.54) is 0 Å². The number of esters is 1. The van der Waals surface area contributed by atoms with E-state index in [-0.39, 0.29) is 12.3 Å². The van der Waals surface area contributed by atoms with Crippen LogP contribution in [0.25, 0.3) is 0 Å². The third-order valence-corrected chi connectivity index (χ3v) is 3.44. The molecule has 0 saturated carbocycles. The van der Waals surface area contributed by atoms with E-state index >= 15 is 0 Å². The van der Waals surface area contributed by atoms with Crippen LogP contribution in [0, 0.1) is 5.92 Å². The van der Waals surface area contributed by atoms with Gasteiger partial charge in [0.05, 0.1) is 16.5 Å². The summed E-state index contributed by atoms with van der Waals surface area (Å²) in [5, 5.41) is 2.59. The van der Waals surface area contributed by atoms with Crippen molar-refractivity contribution in [3.05, 3.63) is 33.8 Å². The van der Waals surface area contributed by atoms with Crippen LogP contribution in [0.2, 0.25) is 10.0 Å². The van der Waals surface area contributed by atoms with Crippen molar-refractivity contribution in [1.82, 2.24) is 5.32 Å². The number of amides is 3. The van der Waals surface area contributed by atoms with E-state index in [1.54, 1.807) is 32.0 Å². The van der Waals surface area contributed by atoms with Gasteiger partial charge < -0.3 is 10.5 Å². The largest absolute Gasteiger partial charge is 0.452 e. The number of rotatable bonds is 5. The van der Waals surface area contributed by atoms with E-state index in [9.17, 15) is 14.4 Å². The number of nitrogens with two attached hydrogens (primary N) is 1. The average molecular weight is 347 g/mol. The molecule has 0 bridgehead atoms. The molecular weight excluding hydrogens is 331 g/mol. The van der Waals surface area contributed by atoms with Crippen LogP contribution in [0.5, 0.6) is 0 Å². The number of halogens is 2. The molecule has 0 fully saturated rings. The quantitative estimate of drug-likeness (QED) is 0.799. The molecule has 6 nitrogen and oxygen atoms in total. The topological polar surface area (TPSA) is 98.5 Å². The van der Waals surface area contributed by atoms with Gasteiger partial charge >= 0.3 is 12.0 Å². The number of ether oxygens (including phenoxy) is 1. The highest BCUT2D eigenvalue weighted by atomic mass is 35.5. The lowest BCUT2D eigenvalue weighted by Gasteiger charge is -2.19. The summed E-state index contributed by atoms with van der Waals surface area (Å²) in [4.78, 5) is 34.4. The summed E-state index contributed by atoms with van der Waals surface area (Å²) >= 11 is 11.6. The first-order chi connectivity index (χ1) is 10.2. The van der Waals surface area contributed by atoms with Crippen LogP contribution < -0.4 is 11.1 Å². The van der Waals surface area contributed by atoms with Gasteiger partial charge in [-0.15, -0.1) is 0 Å². The Balaban J connectivity index is 2.73. The van der Waals surface area contributed by atoms with E-state index in [2.05, 4.69) is 0 Å². The van der Waals surface area contributed by atoms with Gasteiger partial charge in [-0.1, -0.05) is 43.1 Å². The summed E-state index contributed by atoms with van der Waals surface area (Å²) in [5.74, 6) is -1.71. The molecule has 1 aromatic rings. The molecule has 1 unspecified atom stereocenters. The van der Waals surface area contributed by atoms with Crippen molar-refractivity contribution in [2.75, 3.05) is 0 Å². The number of imide groups is 1. The predicted octanol–water partition coefficient (Wildman–Crippen LogP) is 2.30. The highest BCUT2D eigenvalue weighted by molar-refractivity contribution is 6.42. The van der Waals surface area contributed by atoms with Gasteiger partial charge in [-0.2, -0.15) is 0 Å². The smallest absolute Gasteiger partial charge is 0.318 e. The highest BCUT2D eigenvalue weighted by Crippen LogP contribution is 2.23. The summed E-state index contributed by atoms with van der Waals surface area (Å²) in [6.45, 7) is 3.36. The first-order valence-corrected chi connectivity index (χ1v) is 7.20. The fourth-order valence-electron chi connectivity index (χ4n) is 1.68. The van der Waals surface area contributed by atoms with Gasteiger partial charge in [0.2, 0.25) is 0 Å². The third kappa shape index (κ3) is 5.54. The second kappa shape index (κ2) is 8.00. The number of carbonyl (C=O) groups is 3. The van der Waals surface area contributed by atoms with Gasteiger partial charge in [-0.25, -0.2) is 4.79 Å². The zero-order valence-electron chi connectivity index (χ0n) is 12.1. The van der Waals surface area contributed by atoms with E-state index in [0.29, 0.717) is 15.6 Å². The van der Waals surface area contributed by atoms with Crippen LogP contribution >= 0.6 is 23.2 Å². The van der Waals surface area contributed by atoms with Gasteiger partial charge in [0.15, 0.2) is 6.10 Å². The summed E-state index contributed by atoms with van der Waals surface area (Å²) in [5.41, 5.74) is 5.47. The number of hydrogen-bond donors (Lipinski definition) is 2. The molecule has 0 spiro atoms. The number of nitrogens with one attached hydrogen (secondary N) is 1. The van der Waals surface area contributed by atoms with Gasteiger partial charge in [0.1, 0.15) is 0 Å². The SMILES string of the molecule is CC(C)C(OC(=O)Cc1ccc(Cl)c(Cl)c1)C(=O)NC(N)=O. The summed E-state index contributed by atoms with van der Waals surface area (Å²) in [6.07, 6.45) is -1.19. The lowest BCUT2D eigenvalue weighted by atomic mass is 10.1. The standard InChI is InChI=1S/C14H16Cl2N2O4/c1-7(2)12(13(20)18-14(17)21)22-11(19)6-8-3-4-9(15)10(16)5-8/h3-5,7,12H,6H2,1-2H3,(H3,17,18,20,21). The molecule has 0 heterocycles. The molecule has 8 heteroatoms. The number of primary amides is 1. The molecule has 1 aromatic carbocycles. The Kier molecular flexibility index (Phi) is 6.64. The van der Waals surface area contributed by atoms with E-state index in [1.807, 2.05) is 5.32 Å². The average Bonchev–Trinajstić information content (AvgIpc) is 2.39. The lowest BCUT2D eigenvalue weighted by molar-refractivity contribution is -0.157. The van der Waals surface area contributed by atoms with E-state index in [0.717, 1.165) is 0 Å². The Labute approximate surface area is 137 Å². The molecule has 0 saturated heterocycles. The molecule has 0 aliphatic rings. The van der Waals surface area contributed by atoms with E-state index in [4.69, 9.17) is 33.7 Å². The number of carbonyl (C=O) groups excluding carboxylic acids is 3. The molecule has 0 aliphatic heterocycles. The van der Waals surface area contributed by atoms with Gasteiger partial charge in [-0.3, -0.25) is 14.9 Å². The minimum Gasteiger partial charge on any atom is -0.452 e. The second-order valence-electron chi connectivity index (χ2n) is 4.93. The molecular formula is C14H16Cl2N2O4.